The molecule has 0 bridgehead atoms. The minimum atomic E-state index is -0.521. The number of nitrogens with one attached hydrogen (secondary N) is 1. The molecule has 1 saturated heterocycles. The largest absolute Gasteiger partial charge is 0.493 e. The second-order valence-electron chi connectivity index (χ2n) is 8.59. The third kappa shape index (κ3) is 3.43. The number of fused-ring (bicyclic) bond motifs is 4. The number of carbonyl (C=O) groups excluding carboxylic acids is 2. The molecule has 2 aliphatic heterocycles. The normalized spacial score (nSPS) is 20.1. The minimum absolute atomic E-state index is 0.0234. The van der Waals surface area contributed by atoms with Gasteiger partial charge in [-0.05, 0) is 42.7 Å². The molecule has 2 aromatic carbocycles. The van der Waals surface area contributed by atoms with E-state index in [1.54, 1.807) is 16.9 Å². The van der Waals surface area contributed by atoms with Gasteiger partial charge in [0.05, 0.1) is 26.3 Å². The predicted molar refractivity (Wildman–Crippen MR) is 126 cm³/mol. The average Bonchev–Trinajstić information content (AvgIpc) is 3.20. The minimum Gasteiger partial charge on any atom is -0.493 e. The Morgan fingerprint density at radius 1 is 1.09 bits per heavy atom. The topological polar surface area (TPSA) is 74.9 Å². The molecule has 7 nitrogen and oxygen atoms in total. The number of hydrogen-bond donors (Lipinski definition) is 1. The van der Waals surface area contributed by atoms with Crippen molar-refractivity contribution in [3.05, 3.63) is 59.3 Å². The maximum Gasteiger partial charge on any atom is 0.246 e. The van der Waals surface area contributed by atoms with Crippen molar-refractivity contribution in [2.24, 2.45) is 0 Å². The Bertz CT molecular complexity index is 1220. The summed E-state index contributed by atoms with van der Waals surface area (Å²) in [7, 11) is 1.61. The van der Waals surface area contributed by atoms with Crippen LogP contribution in [0.5, 0.6) is 11.5 Å². The van der Waals surface area contributed by atoms with Crippen LogP contribution in [0.25, 0.3) is 10.9 Å². The van der Waals surface area contributed by atoms with Crippen LogP contribution in [0.4, 0.5) is 0 Å². The third-order valence-corrected chi connectivity index (χ3v) is 6.64. The summed E-state index contributed by atoms with van der Waals surface area (Å²) in [5, 5.41) is 1.10. The summed E-state index contributed by atoms with van der Waals surface area (Å²) >= 11 is 0. The summed E-state index contributed by atoms with van der Waals surface area (Å²) < 4.78 is 11.3. The van der Waals surface area contributed by atoms with Crippen molar-refractivity contribution in [3.8, 4) is 11.5 Å². The van der Waals surface area contributed by atoms with E-state index in [-0.39, 0.29) is 18.4 Å². The molecule has 1 fully saturated rings. The van der Waals surface area contributed by atoms with Gasteiger partial charge in [0, 0.05) is 29.6 Å². The zero-order valence-corrected chi connectivity index (χ0v) is 19.3. The number of para-hydroxylation sites is 1. The van der Waals surface area contributed by atoms with Crippen molar-refractivity contribution >= 4 is 22.7 Å². The van der Waals surface area contributed by atoms with Gasteiger partial charge >= 0.3 is 0 Å². The summed E-state index contributed by atoms with van der Waals surface area (Å²) in [6.45, 7) is 5.19. The molecule has 1 N–H and O–H groups in total. The number of piperazine rings is 1. The van der Waals surface area contributed by atoms with Crippen LogP contribution in [0, 0.1) is 0 Å². The van der Waals surface area contributed by atoms with Gasteiger partial charge in [0.15, 0.2) is 11.5 Å². The lowest BCUT2D eigenvalue weighted by Gasteiger charge is -2.47. The van der Waals surface area contributed by atoms with Crippen molar-refractivity contribution in [1.29, 1.82) is 0 Å². The van der Waals surface area contributed by atoms with Crippen LogP contribution in [-0.4, -0.2) is 59.4 Å². The monoisotopic (exact) mass is 447 g/mol. The van der Waals surface area contributed by atoms with Crippen molar-refractivity contribution < 1.29 is 19.1 Å². The van der Waals surface area contributed by atoms with Gasteiger partial charge in [-0.15, -0.1) is 0 Å². The lowest BCUT2D eigenvalue weighted by atomic mass is 9.86. The fraction of sp³-hybridized carbons (Fsp3) is 0.385. The second-order valence-corrected chi connectivity index (χ2v) is 8.59. The molecule has 1 aromatic heterocycles. The molecule has 5 rings (SSSR count). The molecule has 7 heteroatoms. The van der Waals surface area contributed by atoms with Crippen LogP contribution in [-0.2, 0) is 16.0 Å². The number of H-pyrrole nitrogens is 1. The van der Waals surface area contributed by atoms with E-state index in [2.05, 4.69) is 11.1 Å². The van der Waals surface area contributed by atoms with Crippen molar-refractivity contribution in [3.63, 3.8) is 0 Å². The summed E-state index contributed by atoms with van der Waals surface area (Å²) in [5.41, 5.74) is 3.96. The molecular weight excluding hydrogens is 418 g/mol. The number of amides is 2. The lowest BCUT2D eigenvalue weighted by Crippen LogP contribution is -2.63. The van der Waals surface area contributed by atoms with Crippen LogP contribution in [0.15, 0.2) is 42.5 Å². The molecule has 1 unspecified atom stereocenters. The van der Waals surface area contributed by atoms with Crippen LogP contribution in [0.1, 0.15) is 43.1 Å². The highest BCUT2D eigenvalue weighted by Crippen LogP contribution is 2.44. The van der Waals surface area contributed by atoms with E-state index in [0.717, 1.165) is 34.1 Å². The standard InChI is InChI=1S/C26H29N3O4/c1-4-12-28-15-23(30)29-20(26(28)31)14-18-17-8-6-7-9-19(17)27-24(18)25(29)16-10-11-21(33-5-2)22(13-16)32-3/h6-11,13,20,25,27H,4-5,12,14-15H2,1-3H3/t20-,25?/m0/s1. The zero-order valence-electron chi connectivity index (χ0n) is 19.3. The number of aromatic amines is 1. The van der Waals surface area contributed by atoms with E-state index in [4.69, 9.17) is 9.47 Å². The molecular formula is C26H29N3O4. The molecule has 2 aliphatic rings. The summed E-state index contributed by atoms with van der Waals surface area (Å²) in [5.74, 6) is 1.26. The molecule has 0 spiro atoms. The SMILES string of the molecule is CCCN1CC(=O)N2C(c3ccc(OCC)c(OC)c3)c3[nH]c4ccccc4c3C[C@H]2C1=O. The fourth-order valence-electron chi connectivity index (χ4n) is 5.26. The van der Waals surface area contributed by atoms with E-state index in [0.29, 0.717) is 31.1 Å². The van der Waals surface area contributed by atoms with Gasteiger partial charge in [0.25, 0.3) is 0 Å². The van der Waals surface area contributed by atoms with E-state index in [1.807, 2.05) is 50.2 Å². The number of ether oxygens (including phenoxy) is 2. The zero-order chi connectivity index (χ0) is 23.1. The van der Waals surface area contributed by atoms with Gasteiger partial charge in [-0.25, -0.2) is 0 Å². The summed E-state index contributed by atoms with van der Waals surface area (Å²) in [6, 6.07) is 13.0. The molecule has 0 radical (unpaired) electrons. The van der Waals surface area contributed by atoms with Gasteiger partial charge in [0.1, 0.15) is 6.04 Å². The summed E-state index contributed by atoms with van der Waals surface area (Å²) in [6.07, 6.45) is 1.33. The predicted octanol–water partition coefficient (Wildman–Crippen LogP) is 3.67. The maximum absolute atomic E-state index is 13.5. The van der Waals surface area contributed by atoms with Gasteiger partial charge in [-0.1, -0.05) is 31.2 Å². The molecule has 172 valence electrons. The van der Waals surface area contributed by atoms with Gasteiger partial charge in [0.2, 0.25) is 11.8 Å². The first-order chi connectivity index (χ1) is 16.1. The van der Waals surface area contributed by atoms with E-state index in [9.17, 15) is 9.59 Å². The first-order valence-corrected chi connectivity index (χ1v) is 11.6. The Morgan fingerprint density at radius 2 is 1.91 bits per heavy atom. The van der Waals surface area contributed by atoms with Crippen LogP contribution in [0.3, 0.4) is 0 Å². The summed E-state index contributed by atoms with van der Waals surface area (Å²) in [4.78, 5) is 34.0. The Morgan fingerprint density at radius 3 is 2.67 bits per heavy atom. The van der Waals surface area contributed by atoms with E-state index < -0.39 is 12.1 Å². The van der Waals surface area contributed by atoms with Crippen molar-refractivity contribution in [1.82, 2.24) is 14.8 Å². The number of nitrogens with zero attached hydrogens (tertiary/aromatic N) is 2. The molecule has 3 aromatic rings. The van der Waals surface area contributed by atoms with Crippen LogP contribution in [0.2, 0.25) is 0 Å². The number of methoxy groups -OCH3 is 1. The molecule has 33 heavy (non-hydrogen) atoms. The van der Waals surface area contributed by atoms with Gasteiger partial charge in [-0.3, -0.25) is 9.59 Å². The molecule has 3 heterocycles. The molecule has 0 aliphatic carbocycles. The average molecular weight is 448 g/mol. The quantitative estimate of drug-likeness (QED) is 0.626. The number of carbonyl (C=O) groups is 2. The Labute approximate surface area is 193 Å². The molecule has 2 atom stereocenters. The van der Waals surface area contributed by atoms with Crippen molar-refractivity contribution in [2.75, 3.05) is 26.8 Å². The van der Waals surface area contributed by atoms with Crippen LogP contribution < -0.4 is 9.47 Å². The molecule has 0 saturated carbocycles. The Hall–Kier alpha value is -3.48. The van der Waals surface area contributed by atoms with Crippen molar-refractivity contribution in [2.45, 2.75) is 38.8 Å². The number of hydrogen-bond acceptors (Lipinski definition) is 4. The third-order valence-electron chi connectivity index (χ3n) is 6.64. The highest BCUT2D eigenvalue weighted by Gasteiger charge is 2.48. The fourth-order valence-corrected chi connectivity index (χ4v) is 5.26. The highest BCUT2D eigenvalue weighted by atomic mass is 16.5. The maximum atomic E-state index is 13.5. The van der Waals surface area contributed by atoms with E-state index >= 15 is 0 Å². The number of aromatic nitrogens is 1. The van der Waals surface area contributed by atoms with E-state index in [1.165, 1.54) is 0 Å². The lowest BCUT2D eigenvalue weighted by molar-refractivity contribution is -0.158. The Kier molecular flexibility index (Phi) is 5.48. The smallest absolute Gasteiger partial charge is 0.246 e. The molecule has 2 amide bonds. The number of rotatable bonds is 6. The Balaban J connectivity index is 1.69. The van der Waals surface area contributed by atoms with Gasteiger partial charge < -0.3 is 24.3 Å². The first-order valence-electron chi connectivity index (χ1n) is 11.6. The second kappa shape index (κ2) is 8.46. The first kappa shape index (κ1) is 21.4. The van der Waals surface area contributed by atoms with Crippen LogP contribution >= 0.6 is 0 Å². The van der Waals surface area contributed by atoms with Gasteiger partial charge in [-0.2, -0.15) is 0 Å². The number of benzene rings is 2. The highest BCUT2D eigenvalue weighted by molar-refractivity contribution is 5.97.